The van der Waals surface area contributed by atoms with Gasteiger partial charge in [0.15, 0.2) is 0 Å². The van der Waals surface area contributed by atoms with E-state index in [2.05, 4.69) is 17.2 Å². The van der Waals surface area contributed by atoms with Crippen molar-refractivity contribution in [1.29, 1.82) is 0 Å². The SMILES string of the molecule is Clc1c2c(nn1Cc1ccccc1)CCC2. The molecule has 0 saturated heterocycles. The number of aryl methyl sites for hydroxylation is 1. The first-order valence-electron chi connectivity index (χ1n) is 5.62. The van der Waals surface area contributed by atoms with Crippen LogP contribution in [0, 0.1) is 0 Å². The highest BCUT2D eigenvalue weighted by Crippen LogP contribution is 2.28. The Hall–Kier alpha value is -1.28. The summed E-state index contributed by atoms with van der Waals surface area (Å²) in [6.07, 6.45) is 3.36. The van der Waals surface area contributed by atoms with Gasteiger partial charge in [0.2, 0.25) is 0 Å². The van der Waals surface area contributed by atoms with Gasteiger partial charge in [-0.3, -0.25) is 0 Å². The Kier molecular flexibility index (Phi) is 2.44. The van der Waals surface area contributed by atoms with Crippen LogP contribution in [0.5, 0.6) is 0 Å². The highest BCUT2D eigenvalue weighted by atomic mass is 35.5. The molecule has 1 aromatic carbocycles. The number of halogens is 1. The van der Waals surface area contributed by atoms with E-state index in [1.807, 2.05) is 22.9 Å². The Labute approximate surface area is 99.9 Å². The Morgan fingerprint density at radius 3 is 2.75 bits per heavy atom. The maximum Gasteiger partial charge on any atom is 0.130 e. The lowest BCUT2D eigenvalue weighted by Crippen LogP contribution is -2.03. The summed E-state index contributed by atoms with van der Waals surface area (Å²) in [5.41, 5.74) is 3.70. The zero-order valence-electron chi connectivity index (χ0n) is 8.99. The van der Waals surface area contributed by atoms with Gasteiger partial charge in [0.25, 0.3) is 0 Å². The number of rotatable bonds is 2. The van der Waals surface area contributed by atoms with Crippen molar-refractivity contribution in [3.05, 3.63) is 52.3 Å². The number of aromatic nitrogens is 2. The number of hydrogen-bond donors (Lipinski definition) is 0. The van der Waals surface area contributed by atoms with Gasteiger partial charge in [-0.1, -0.05) is 41.9 Å². The van der Waals surface area contributed by atoms with Crippen LogP contribution >= 0.6 is 11.6 Å². The van der Waals surface area contributed by atoms with Crippen LogP contribution in [0.3, 0.4) is 0 Å². The van der Waals surface area contributed by atoms with E-state index in [9.17, 15) is 0 Å². The summed E-state index contributed by atoms with van der Waals surface area (Å²) in [6, 6.07) is 10.3. The lowest BCUT2D eigenvalue weighted by Gasteiger charge is -2.04. The van der Waals surface area contributed by atoms with Crippen LogP contribution in [0.4, 0.5) is 0 Å². The van der Waals surface area contributed by atoms with Crippen molar-refractivity contribution in [2.45, 2.75) is 25.8 Å². The summed E-state index contributed by atoms with van der Waals surface area (Å²) in [7, 11) is 0. The smallest absolute Gasteiger partial charge is 0.130 e. The molecular weight excluding hydrogens is 220 g/mol. The zero-order chi connectivity index (χ0) is 11.0. The predicted molar refractivity (Wildman–Crippen MR) is 64.8 cm³/mol. The molecule has 1 aromatic heterocycles. The largest absolute Gasteiger partial charge is 0.249 e. The average Bonchev–Trinajstić information content (AvgIpc) is 2.86. The number of nitrogens with zero attached hydrogens (tertiary/aromatic N) is 2. The quantitative estimate of drug-likeness (QED) is 0.778. The summed E-state index contributed by atoms with van der Waals surface area (Å²) in [5, 5.41) is 5.40. The van der Waals surface area contributed by atoms with Crippen LogP contribution in [0.25, 0.3) is 0 Å². The maximum atomic E-state index is 6.32. The molecule has 2 nitrogen and oxygen atoms in total. The van der Waals surface area contributed by atoms with Crippen molar-refractivity contribution in [3.63, 3.8) is 0 Å². The van der Waals surface area contributed by atoms with Crippen LogP contribution in [0.15, 0.2) is 30.3 Å². The fourth-order valence-corrected chi connectivity index (χ4v) is 2.57. The summed E-state index contributed by atoms with van der Waals surface area (Å²) in [4.78, 5) is 0. The van der Waals surface area contributed by atoms with Crippen LogP contribution in [-0.4, -0.2) is 9.78 Å². The molecule has 0 radical (unpaired) electrons. The van der Waals surface area contributed by atoms with E-state index >= 15 is 0 Å². The monoisotopic (exact) mass is 232 g/mol. The molecular formula is C13H13ClN2. The molecule has 1 aliphatic rings. The fourth-order valence-electron chi connectivity index (χ4n) is 2.27. The van der Waals surface area contributed by atoms with Gasteiger partial charge in [0.1, 0.15) is 5.15 Å². The molecule has 0 amide bonds. The van der Waals surface area contributed by atoms with Crippen molar-refractivity contribution in [1.82, 2.24) is 9.78 Å². The van der Waals surface area contributed by atoms with Gasteiger partial charge < -0.3 is 0 Å². The van der Waals surface area contributed by atoms with E-state index in [1.165, 1.54) is 23.2 Å². The van der Waals surface area contributed by atoms with Gasteiger partial charge in [0.05, 0.1) is 12.2 Å². The summed E-state index contributed by atoms with van der Waals surface area (Å²) in [5.74, 6) is 0. The van der Waals surface area contributed by atoms with Crippen LogP contribution in [0.1, 0.15) is 23.2 Å². The molecule has 0 fully saturated rings. The number of benzene rings is 1. The van der Waals surface area contributed by atoms with Crippen LogP contribution < -0.4 is 0 Å². The summed E-state index contributed by atoms with van der Waals surface area (Å²) >= 11 is 6.32. The van der Waals surface area contributed by atoms with E-state index in [4.69, 9.17) is 11.6 Å². The van der Waals surface area contributed by atoms with Gasteiger partial charge in [-0.25, -0.2) is 4.68 Å². The minimum absolute atomic E-state index is 0.771. The summed E-state index contributed by atoms with van der Waals surface area (Å²) < 4.78 is 1.92. The Morgan fingerprint density at radius 1 is 1.19 bits per heavy atom. The van der Waals surface area contributed by atoms with Crippen LogP contribution in [0.2, 0.25) is 5.15 Å². The first kappa shape index (κ1) is 9.91. The van der Waals surface area contributed by atoms with E-state index in [0.29, 0.717) is 0 Å². The Bertz CT molecular complexity index is 502. The average molecular weight is 233 g/mol. The second kappa shape index (κ2) is 3.95. The molecule has 3 heteroatoms. The lowest BCUT2D eigenvalue weighted by molar-refractivity contribution is 0.664. The minimum atomic E-state index is 0.771. The topological polar surface area (TPSA) is 17.8 Å². The van der Waals surface area contributed by atoms with Gasteiger partial charge >= 0.3 is 0 Å². The first-order valence-corrected chi connectivity index (χ1v) is 6.00. The van der Waals surface area contributed by atoms with Gasteiger partial charge in [0, 0.05) is 5.56 Å². The van der Waals surface area contributed by atoms with Crippen molar-refractivity contribution < 1.29 is 0 Å². The molecule has 3 rings (SSSR count). The molecule has 82 valence electrons. The van der Waals surface area contributed by atoms with Gasteiger partial charge in [-0.05, 0) is 24.8 Å². The van der Waals surface area contributed by atoms with Crippen LogP contribution in [-0.2, 0) is 19.4 Å². The van der Waals surface area contributed by atoms with E-state index < -0.39 is 0 Å². The second-order valence-electron chi connectivity index (χ2n) is 4.21. The normalized spacial score (nSPS) is 14.1. The molecule has 0 bridgehead atoms. The zero-order valence-corrected chi connectivity index (χ0v) is 9.74. The third-order valence-corrected chi connectivity index (χ3v) is 3.50. The molecule has 1 heterocycles. The Morgan fingerprint density at radius 2 is 2.00 bits per heavy atom. The van der Waals surface area contributed by atoms with Crippen molar-refractivity contribution in [2.24, 2.45) is 0 Å². The van der Waals surface area contributed by atoms with E-state index in [0.717, 1.165) is 24.5 Å². The molecule has 0 atom stereocenters. The molecule has 1 aliphatic carbocycles. The molecule has 0 aliphatic heterocycles. The lowest BCUT2D eigenvalue weighted by atomic mass is 10.2. The number of fused-ring (bicyclic) bond motifs is 1. The standard InChI is InChI=1S/C13H13ClN2/c14-13-11-7-4-8-12(11)15-16(13)9-10-5-2-1-3-6-10/h1-3,5-6H,4,7-9H2. The third kappa shape index (κ3) is 1.63. The molecule has 0 unspecified atom stereocenters. The number of hydrogen-bond acceptors (Lipinski definition) is 1. The van der Waals surface area contributed by atoms with E-state index in [1.54, 1.807) is 0 Å². The Balaban J connectivity index is 1.91. The van der Waals surface area contributed by atoms with Crippen molar-refractivity contribution in [2.75, 3.05) is 0 Å². The third-order valence-electron chi connectivity index (χ3n) is 3.08. The predicted octanol–water partition coefficient (Wildman–Crippen LogP) is 3.07. The summed E-state index contributed by atoms with van der Waals surface area (Å²) in [6.45, 7) is 0.771. The molecule has 2 aromatic rings. The maximum absolute atomic E-state index is 6.32. The highest BCUT2D eigenvalue weighted by molar-refractivity contribution is 6.30. The molecule has 16 heavy (non-hydrogen) atoms. The second-order valence-corrected chi connectivity index (χ2v) is 4.57. The minimum Gasteiger partial charge on any atom is -0.249 e. The van der Waals surface area contributed by atoms with Gasteiger partial charge in [-0.2, -0.15) is 5.10 Å². The van der Waals surface area contributed by atoms with Gasteiger partial charge in [-0.15, -0.1) is 0 Å². The molecule has 0 N–H and O–H groups in total. The highest BCUT2D eigenvalue weighted by Gasteiger charge is 2.20. The van der Waals surface area contributed by atoms with Crippen molar-refractivity contribution >= 4 is 11.6 Å². The van der Waals surface area contributed by atoms with Crippen molar-refractivity contribution in [3.8, 4) is 0 Å². The molecule has 0 saturated carbocycles. The fraction of sp³-hybridized carbons (Fsp3) is 0.308. The molecule has 0 spiro atoms. The van der Waals surface area contributed by atoms with E-state index in [-0.39, 0.29) is 0 Å². The first-order chi connectivity index (χ1) is 7.84.